The Morgan fingerprint density at radius 2 is 1.89 bits per heavy atom. The zero-order valence-corrected chi connectivity index (χ0v) is 22.8. The second-order valence-electron chi connectivity index (χ2n) is 9.49. The molecular formula is C26H45N5O2S2. The van der Waals surface area contributed by atoms with Crippen molar-refractivity contribution in [2.45, 2.75) is 43.8 Å². The molecule has 0 saturated carbocycles. The van der Waals surface area contributed by atoms with Crippen LogP contribution in [0.2, 0.25) is 0 Å². The van der Waals surface area contributed by atoms with Crippen molar-refractivity contribution in [1.82, 2.24) is 25.8 Å². The molecule has 9 heteroatoms. The number of carbonyl (C=O) groups excluding carboxylic acids is 1. The van der Waals surface area contributed by atoms with E-state index in [9.17, 15) is 9.90 Å². The van der Waals surface area contributed by atoms with Crippen molar-refractivity contribution >= 4 is 27.5 Å². The summed E-state index contributed by atoms with van der Waals surface area (Å²) in [5, 5.41) is 20.8. The first-order valence-electron chi connectivity index (χ1n) is 13.4. The first kappa shape index (κ1) is 28.6. The Morgan fingerprint density at radius 3 is 2.69 bits per heavy atom. The molecule has 35 heavy (non-hydrogen) atoms. The van der Waals surface area contributed by atoms with Crippen LogP contribution in [0.15, 0.2) is 24.3 Å². The fourth-order valence-electron chi connectivity index (χ4n) is 4.60. The van der Waals surface area contributed by atoms with Crippen LogP contribution in [-0.2, 0) is 0 Å². The highest BCUT2D eigenvalue weighted by atomic mass is 33.1. The van der Waals surface area contributed by atoms with Crippen LogP contribution in [0.4, 0.5) is 0 Å². The lowest BCUT2D eigenvalue weighted by molar-refractivity contribution is 0.0945. The molecule has 2 heterocycles. The molecule has 2 saturated heterocycles. The van der Waals surface area contributed by atoms with E-state index in [2.05, 4.69) is 36.5 Å². The van der Waals surface area contributed by atoms with E-state index in [0.29, 0.717) is 12.1 Å². The minimum atomic E-state index is -0.211. The van der Waals surface area contributed by atoms with Gasteiger partial charge >= 0.3 is 0 Å². The number of nitrogens with one attached hydrogen (secondary N) is 3. The van der Waals surface area contributed by atoms with Crippen LogP contribution in [-0.4, -0.2) is 104 Å². The number of unbranched alkanes of at least 4 members (excludes halogenated alkanes) is 2. The molecule has 0 aliphatic carbocycles. The van der Waals surface area contributed by atoms with Gasteiger partial charge in [0.2, 0.25) is 0 Å². The minimum absolute atomic E-state index is 0.0305. The molecule has 1 aromatic carbocycles. The third-order valence-electron chi connectivity index (χ3n) is 6.73. The number of amides is 1. The topological polar surface area (TPSA) is 79.9 Å². The largest absolute Gasteiger partial charge is 0.507 e. The summed E-state index contributed by atoms with van der Waals surface area (Å²) in [4.78, 5) is 17.4. The predicted molar refractivity (Wildman–Crippen MR) is 151 cm³/mol. The summed E-state index contributed by atoms with van der Waals surface area (Å²) in [5.41, 5.74) is 0.338. The Bertz CT molecular complexity index is 715. The van der Waals surface area contributed by atoms with E-state index in [-0.39, 0.29) is 11.7 Å². The number of para-hydroxylation sites is 1. The van der Waals surface area contributed by atoms with Crippen molar-refractivity contribution in [2.75, 3.05) is 77.7 Å². The quantitative estimate of drug-likeness (QED) is 0.183. The molecule has 0 aromatic heterocycles. The number of hydrogen-bond acceptors (Lipinski definition) is 8. The molecule has 3 rings (SSSR count). The molecule has 1 atom stereocenters. The molecular weight excluding hydrogens is 478 g/mol. The Morgan fingerprint density at radius 1 is 1.06 bits per heavy atom. The molecule has 2 aliphatic heterocycles. The molecule has 1 amide bonds. The third kappa shape index (κ3) is 11.7. The number of phenolic OH excluding ortho intramolecular Hbond substituents is 1. The van der Waals surface area contributed by atoms with Gasteiger partial charge in [-0.05, 0) is 57.5 Å². The average molecular weight is 524 g/mol. The van der Waals surface area contributed by atoms with E-state index in [1.54, 1.807) is 24.3 Å². The molecule has 0 radical (unpaired) electrons. The number of piperazine rings is 1. The molecule has 0 bridgehead atoms. The lowest BCUT2D eigenvalue weighted by Crippen LogP contribution is -2.45. The number of phenols is 1. The molecule has 4 N–H and O–H groups in total. The van der Waals surface area contributed by atoms with Gasteiger partial charge in [-0.25, -0.2) is 0 Å². The normalized spacial score (nSPS) is 18.8. The van der Waals surface area contributed by atoms with Gasteiger partial charge in [-0.15, -0.1) is 0 Å². The first-order chi connectivity index (χ1) is 17.2. The monoisotopic (exact) mass is 523 g/mol. The van der Waals surface area contributed by atoms with Gasteiger partial charge in [-0.2, -0.15) is 0 Å². The molecule has 0 spiro atoms. The van der Waals surface area contributed by atoms with Gasteiger partial charge in [0, 0.05) is 63.4 Å². The maximum atomic E-state index is 12.4. The van der Waals surface area contributed by atoms with E-state index in [1.165, 1.54) is 37.9 Å². The Balaban J connectivity index is 1.30. The van der Waals surface area contributed by atoms with Crippen molar-refractivity contribution in [3.05, 3.63) is 29.8 Å². The Kier molecular flexibility index (Phi) is 14.3. The van der Waals surface area contributed by atoms with Crippen LogP contribution in [0, 0.1) is 0 Å². The average Bonchev–Trinajstić information content (AvgIpc) is 3.39. The first-order valence-corrected chi connectivity index (χ1v) is 15.8. The lowest BCUT2D eigenvalue weighted by Gasteiger charge is -2.29. The Hall–Kier alpha value is -0.970. The summed E-state index contributed by atoms with van der Waals surface area (Å²) in [7, 11) is 4.13. The van der Waals surface area contributed by atoms with Gasteiger partial charge < -0.3 is 30.9 Å². The number of hydrogen-bond donors (Lipinski definition) is 4. The van der Waals surface area contributed by atoms with Crippen molar-refractivity contribution < 1.29 is 9.90 Å². The maximum Gasteiger partial charge on any atom is 0.255 e. The van der Waals surface area contributed by atoms with Crippen LogP contribution in [0.5, 0.6) is 5.75 Å². The number of aromatic hydroxyl groups is 1. The van der Waals surface area contributed by atoms with Gasteiger partial charge in [0.15, 0.2) is 0 Å². The predicted octanol–water partition coefficient (Wildman–Crippen LogP) is 3.02. The second kappa shape index (κ2) is 17.5. The molecule has 1 aromatic rings. The minimum Gasteiger partial charge on any atom is -0.507 e. The molecule has 2 fully saturated rings. The van der Waals surface area contributed by atoms with Crippen LogP contribution in [0.25, 0.3) is 0 Å². The summed E-state index contributed by atoms with van der Waals surface area (Å²) in [6.07, 6.45) is 7.85. The number of rotatable bonds is 17. The van der Waals surface area contributed by atoms with Gasteiger partial charge in [0.1, 0.15) is 5.75 Å². The SMILES string of the molecule is O=C(NCCN(CCCN1CCNCC1)CCNCCCCCC1CCSS1)c1ccccc1O. The zero-order valence-electron chi connectivity index (χ0n) is 21.2. The van der Waals surface area contributed by atoms with Gasteiger partial charge in [-0.1, -0.05) is 46.6 Å². The highest BCUT2D eigenvalue weighted by molar-refractivity contribution is 8.77. The summed E-state index contributed by atoms with van der Waals surface area (Å²) >= 11 is 0. The van der Waals surface area contributed by atoms with E-state index in [4.69, 9.17) is 0 Å². The second-order valence-corrected chi connectivity index (χ2v) is 12.3. The van der Waals surface area contributed by atoms with E-state index >= 15 is 0 Å². The standard InChI is InChI=1S/C26H45N5O2S2/c32-25-9-4-3-8-24(25)26(33)29-15-21-31(17-6-16-30-19-13-28-14-20-30)18-12-27-11-5-1-2-7-23-10-22-34-35-23/h3-4,8-9,23,27-28,32H,1-2,5-7,10-22H2,(H,29,33). The smallest absolute Gasteiger partial charge is 0.255 e. The van der Waals surface area contributed by atoms with Crippen LogP contribution >= 0.6 is 21.6 Å². The van der Waals surface area contributed by atoms with Crippen molar-refractivity contribution in [1.29, 1.82) is 0 Å². The van der Waals surface area contributed by atoms with Crippen LogP contribution in [0.1, 0.15) is 48.9 Å². The summed E-state index contributed by atoms with van der Waals surface area (Å²) in [6.45, 7) is 11.1. The van der Waals surface area contributed by atoms with Crippen molar-refractivity contribution in [2.24, 2.45) is 0 Å². The molecule has 1 unspecified atom stereocenters. The van der Waals surface area contributed by atoms with E-state index < -0.39 is 0 Å². The number of nitrogens with zero attached hydrogens (tertiary/aromatic N) is 2. The van der Waals surface area contributed by atoms with E-state index in [0.717, 1.165) is 77.1 Å². The molecule has 7 nitrogen and oxygen atoms in total. The van der Waals surface area contributed by atoms with Gasteiger partial charge in [0.25, 0.3) is 5.91 Å². The van der Waals surface area contributed by atoms with Crippen molar-refractivity contribution in [3.8, 4) is 5.75 Å². The highest BCUT2D eigenvalue weighted by Crippen LogP contribution is 2.39. The van der Waals surface area contributed by atoms with Crippen molar-refractivity contribution in [3.63, 3.8) is 0 Å². The fraction of sp³-hybridized carbons (Fsp3) is 0.731. The van der Waals surface area contributed by atoms with Gasteiger partial charge in [-0.3, -0.25) is 4.79 Å². The zero-order chi connectivity index (χ0) is 24.6. The Labute approximate surface area is 219 Å². The lowest BCUT2D eigenvalue weighted by atomic mass is 10.1. The third-order valence-corrected chi connectivity index (χ3v) is 9.74. The van der Waals surface area contributed by atoms with Crippen LogP contribution < -0.4 is 16.0 Å². The fourth-order valence-corrected chi connectivity index (χ4v) is 7.63. The summed E-state index contributed by atoms with van der Waals surface area (Å²) in [6, 6.07) is 6.71. The number of carbonyl (C=O) groups is 1. The van der Waals surface area contributed by atoms with Gasteiger partial charge in [0.05, 0.1) is 5.56 Å². The highest BCUT2D eigenvalue weighted by Gasteiger charge is 2.15. The van der Waals surface area contributed by atoms with E-state index in [1.807, 2.05) is 10.8 Å². The summed E-state index contributed by atoms with van der Waals surface area (Å²) < 4.78 is 0. The summed E-state index contributed by atoms with van der Waals surface area (Å²) in [5.74, 6) is 1.15. The maximum absolute atomic E-state index is 12.4. The number of benzene rings is 1. The molecule has 198 valence electrons. The molecule has 2 aliphatic rings. The van der Waals surface area contributed by atoms with Crippen LogP contribution in [0.3, 0.4) is 0 Å².